The number of halogens is 2. The largest absolute Gasteiger partial charge is 0.490 e. The van der Waals surface area contributed by atoms with Crippen molar-refractivity contribution < 1.29 is 13.5 Å². The average molecular weight is 383 g/mol. The molecule has 0 radical (unpaired) electrons. The van der Waals surface area contributed by atoms with Gasteiger partial charge >= 0.3 is 0 Å². The molecule has 2 aromatic rings. The number of nitrogens with zero attached hydrogens (tertiary/aromatic N) is 1. The van der Waals surface area contributed by atoms with Gasteiger partial charge in [0.25, 0.3) is 0 Å². The third-order valence-electron chi connectivity index (χ3n) is 5.76. The van der Waals surface area contributed by atoms with E-state index in [1.54, 1.807) is 6.07 Å². The highest BCUT2D eigenvalue weighted by Gasteiger charge is 2.23. The molecule has 3 rings (SSSR count). The number of hydrogen-bond donors (Lipinski definition) is 0. The summed E-state index contributed by atoms with van der Waals surface area (Å²) in [6.45, 7) is 2.59. The van der Waals surface area contributed by atoms with E-state index >= 15 is 0 Å². The normalized spacial score (nSPS) is 19.2. The van der Waals surface area contributed by atoms with Crippen molar-refractivity contribution in [1.82, 2.24) is 0 Å². The Morgan fingerprint density at radius 1 is 1.00 bits per heavy atom. The molecular formula is C24H27F2NO. The average Bonchev–Trinajstić information content (AvgIpc) is 2.74. The molecule has 0 aliphatic heterocycles. The van der Waals surface area contributed by atoms with Crippen LogP contribution in [0.4, 0.5) is 8.78 Å². The molecule has 0 bridgehead atoms. The maximum absolute atomic E-state index is 13.9. The molecule has 0 spiro atoms. The number of hydrogen-bond acceptors (Lipinski definition) is 2. The Kier molecular flexibility index (Phi) is 7.03. The topological polar surface area (TPSA) is 33.0 Å². The van der Waals surface area contributed by atoms with Crippen molar-refractivity contribution in [2.45, 2.75) is 57.8 Å². The van der Waals surface area contributed by atoms with Crippen LogP contribution >= 0.6 is 0 Å². The first kappa shape index (κ1) is 20.3. The van der Waals surface area contributed by atoms with Crippen molar-refractivity contribution in [3.05, 3.63) is 64.7 Å². The van der Waals surface area contributed by atoms with Gasteiger partial charge in [0.15, 0.2) is 11.6 Å². The van der Waals surface area contributed by atoms with Crippen LogP contribution < -0.4 is 4.74 Å². The molecule has 0 saturated heterocycles. The maximum atomic E-state index is 13.9. The molecule has 2 aromatic carbocycles. The lowest BCUT2D eigenvalue weighted by atomic mass is 9.79. The summed E-state index contributed by atoms with van der Waals surface area (Å²) in [5.74, 6) is -1.40. The summed E-state index contributed by atoms with van der Waals surface area (Å²) < 4.78 is 33.2. The minimum Gasteiger partial charge on any atom is -0.490 e. The van der Waals surface area contributed by atoms with Crippen molar-refractivity contribution in [3.8, 4) is 11.8 Å². The van der Waals surface area contributed by atoms with E-state index in [2.05, 4.69) is 31.2 Å². The highest BCUT2D eigenvalue weighted by Crippen LogP contribution is 2.36. The van der Waals surface area contributed by atoms with Crippen LogP contribution in [-0.4, -0.2) is 6.61 Å². The molecule has 0 N–H and O–H groups in total. The smallest absolute Gasteiger partial charge is 0.201 e. The number of nitriles is 1. The summed E-state index contributed by atoms with van der Waals surface area (Å²) in [5, 5.41) is 8.74. The fourth-order valence-corrected chi connectivity index (χ4v) is 3.94. The number of benzene rings is 2. The van der Waals surface area contributed by atoms with E-state index in [0.717, 1.165) is 32.1 Å². The SMILES string of the molecule is CCCCc1ccc(C2CCC(COc3ccc(C#N)c(F)c3F)CC2)cc1. The standard InChI is InChI=1S/C24H27F2NO/c1-2-3-4-17-5-9-19(10-6-17)20-11-7-18(8-12-20)16-28-22-14-13-21(15-27)23(25)24(22)26/h5-6,9-10,13-14,18,20H,2-4,7-8,11-12,16H2,1H3. The third-order valence-corrected chi connectivity index (χ3v) is 5.76. The Balaban J connectivity index is 1.49. The van der Waals surface area contributed by atoms with Gasteiger partial charge in [0.05, 0.1) is 12.2 Å². The fraction of sp³-hybridized carbons (Fsp3) is 0.458. The van der Waals surface area contributed by atoms with Gasteiger partial charge < -0.3 is 4.74 Å². The van der Waals surface area contributed by atoms with E-state index in [4.69, 9.17) is 10.00 Å². The van der Waals surface area contributed by atoms with Crippen LogP contribution in [0.1, 0.15) is 68.1 Å². The summed E-state index contributed by atoms with van der Waals surface area (Å²) in [4.78, 5) is 0. The van der Waals surface area contributed by atoms with Gasteiger partial charge in [-0.1, -0.05) is 37.6 Å². The zero-order chi connectivity index (χ0) is 19.9. The molecule has 0 heterocycles. The summed E-state index contributed by atoms with van der Waals surface area (Å²) in [7, 11) is 0. The van der Waals surface area contributed by atoms with Crippen LogP contribution in [0.25, 0.3) is 0 Å². The van der Waals surface area contributed by atoms with Gasteiger partial charge in [0, 0.05) is 0 Å². The predicted octanol–water partition coefficient (Wildman–Crippen LogP) is 6.53. The second kappa shape index (κ2) is 9.68. The maximum Gasteiger partial charge on any atom is 0.201 e. The quantitative estimate of drug-likeness (QED) is 0.544. The lowest BCUT2D eigenvalue weighted by molar-refractivity contribution is 0.192. The molecule has 0 aromatic heterocycles. The first-order valence-corrected chi connectivity index (χ1v) is 10.2. The number of unbranched alkanes of at least 4 members (excludes halogenated alkanes) is 1. The first-order chi connectivity index (χ1) is 13.6. The monoisotopic (exact) mass is 383 g/mol. The Bertz CT molecular complexity index is 818. The number of ether oxygens (including phenoxy) is 1. The van der Waals surface area contributed by atoms with Gasteiger partial charge in [0.2, 0.25) is 5.82 Å². The summed E-state index contributed by atoms with van der Waals surface area (Å²) >= 11 is 0. The summed E-state index contributed by atoms with van der Waals surface area (Å²) in [6.07, 6.45) is 7.80. The molecule has 4 heteroatoms. The second-order valence-corrected chi connectivity index (χ2v) is 7.72. The van der Waals surface area contributed by atoms with E-state index in [1.807, 2.05) is 0 Å². The molecule has 0 atom stereocenters. The van der Waals surface area contributed by atoms with E-state index in [1.165, 1.54) is 36.1 Å². The van der Waals surface area contributed by atoms with Crippen molar-refractivity contribution >= 4 is 0 Å². The van der Waals surface area contributed by atoms with Gasteiger partial charge in [-0.15, -0.1) is 0 Å². The zero-order valence-electron chi connectivity index (χ0n) is 16.4. The Morgan fingerprint density at radius 3 is 2.36 bits per heavy atom. The highest BCUT2D eigenvalue weighted by molar-refractivity contribution is 5.37. The van der Waals surface area contributed by atoms with Crippen LogP contribution in [0, 0.1) is 28.9 Å². The molecule has 1 aliphatic rings. The van der Waals surface area contributed by atoms with Gasteiger partial charge in [-0.3, -0.25) is 0 Å². The fourth-order valence-electron chi connectivity index (χ4n) is 3.94. The van der Waals surface area contributed by atoms with Crippen molar-refractivity contribution in [3.63, 3.8) is 0 Å². The number of rotatable bonds is 7. The summed E-state index contributed by atoms with van der Waals surface area (Å²) in [6, 6.07) is 13.3. The van der Waals surface area contributed by atoms with E-state index in [-0.39, 0.29) is 11.3 Å². The Morgan fingerprint density at radius 2 is 1.71 bits per heavy atom. The molecule has 148 valence electrons. The molecular weight excluding hydrogens is 356 g/mol. The van der Waals surface area contributed by atoms with Crippen molar-refractivity contribution in [1.29, 1.82) is 5.26 Å². The van der Waals surface area contributed by atoms with Crippen molar-refractivity contribution in [2.75, 3.05) is 6.61 Å². The Labute approximate surface area is 166 Å². The van der Waals surface area contributed by atoms with Crippen LogP contribution in [0.2, 0.25) is 0 Å². The van der Waals surface area contributed by atoms with E-state index in [9.17, 15) is 8.78 Å². The van der Waals surface area contributed by atoms with Crippen LogP contribution in [0.3, 0.4) is 0 Å². The van der Waals surface area contributed by atoms with E-state index in [0.29, 0.717) is 18.4 Å². The number of aryl methyl sites for hydroxylation is 1. The second-order valence-electron chi connectivity index (χ2n) is 7.72. The van der Waals surface area contributed by atoms with Crippen molar-refractivity contribution in [2.24, 2.45) is 5.92 Å². The van der Waals surface area contributed by atoms with Gasteiger partial charge in [0.1, 0.15) is 6.07 Å². The third kappa shape index (κ3) is 4.90. The van der Waals surface area contributed by atoms with E-state index < -0.39 is 11.6 Å². The Hall–Kier alpha value is -2.41. The predicted molar refractivity (Wildman–Crippen MR) is 106 cm³/mol. The molecule has 0 amide bonds. The highest BCUT2D eigenvalue weighted by atomic mass is 19.2. The molecule has 1 fully saturated rings. The molecule has 1 saturated carbocycles. The lowest BCUT2D eigenvalue weighted by Gasteiger charge is -2.29. The molecule has 0 unspecified atom stereocenters. The van der Waals surface area contributed by atoms with Gasteiger partial charge in [-0.2, -0.15) is 9.65 Å². The van der Waals surface area contributed by atoms with Crippen LogP contribution in [0.15, 0.2) is 36.4 Å². The summed E-state index contributed by atoms with van der Waals surface area (Å²) in [5.41, 5.74) is 2.51. The van der Waals surface area contributed by atoms with Gasteiger partial charge in [-0.05, 0) is 73.6 Å². The molecule has 1 aliphatic carbocycles. The van der Waals surface area contributed by atoms with Crippen LogP contribution in [0.5, 0.6) is 5.75 Å². The lowest BCUT2D eigenvalue weighted by Crippen LogP contribution is -2.19. The molecule has 2 nitrogen and oxygen atoms in total. The minimum atomic E-state index is -1.13. The first-order valence-electron chi connectivity index (χ1n) is 10.2. The van der Waals surface area contributed by atoms with Crippen LogP contribution in [-0.2, 0) is 6.42 Å². The zero-order valence-corrected chi connectivity index (χ0v) is 16.4. The minimum absolute atomic E-state index is 0.110. The van der Waals surface area contributed by atoms with Gasteiger partial charge in [-0.25, -0.2) is 4.39 Å². The molecule has 28 heavy (non-hydrogen) atoms.